The standard InChI is InChI=1S/C34H30N4O4/c1-22-11-18-34(32-17-12-27(21-35)19-29(32)20-33(22)24(3)37-42-26(5)40)38(30-9-7-6-8-10-30)31-15-13-28(14-16-31)23(2)36-41-25(4)39/h6-20H,1-5H3/b18-11?,22-11-,29-20?,33-20+,33-22?,34-18+,34-32?,36-23-,37-24+. The van der Waals surface area contributed by atoms with Crippen molar-refractivity contribution in [3.8, 4) is 6.07 Å². The summed E-state index contributed by atoms with van der Waals surface area (Å²) in [6.45, 7) is 8.11. The van der Waals surface area contributed by atoms with Crippen molar-refractivity contribution in [3.05, 3.63) is 118 Å². The van der Waals surface area contributed by atoms with Crippen LogP contribution in [0.15, 0.2) is 106 Å². The van der Waals surface area contributed by atoms with Crippen molar-refractivity contribution in [1.82, 2.24) is 0 Å². The van der Waals surface area contributed by atoms with Crippen LogP contribution in [-0.2, 0) is 19.3 Å². The van der Waals surface area contributed by atoms with E-state index in [-0.39, 0.29) is 0 Å². The van der Waals surface area contributed by atoms with E-state index in [9.17, 15) is 14.9 Å². The molecular formula is C34H30N4O4. The van der Waals surface area contributed by atoms with Gasteiger partial charge in [-0.1, -0.05) is 52.8 Å². The summed E-state index contributed by atoms with van der Waals surface area (Å²) in [5.41, 5.74) is 8.49. The normalized spacial score (nSPS) is 17.0. The van der Waals surface area contributed by atoms with Gasteiger partial charge in [-0.15, -0.1) is 0 Å². The molecule has 1 aliphatic rings. The van der Waals surface area contributed by atoms with Gasteiger partial charge in [-0.25, -0.2) is 9.59 Å². The van der Waals surface area contributed by atoms with Crippen molar-refractivity contribution in [2.75, 3.05) is 4.90 Å². The minimum atomic E-state index is -0.505. The zero-order chi connectivity index (χ0) is 30.2. The number of carbonyl (C=O) groups excluding carboxylic acids is 2. The summed E-state index contributed by atoms with van der Waals surface area (Å²) >= 11 is 0. The number of carbonyl (C=O) groups is 2. The predicted octanol–water partition coefficient (Wildman–Crippen LogP) is 7.31. The van der Waals surface area contributed by atoms with E-state index >= 15 is 0 Å². The molecule has 0 aromatic heterocycles. The number of fused-ring (bicyclic) bond motifs is 1. The number of nitrogens with zero attached hydrogens (tertiary/aromatic N) is 4. The van der Waals surface area contributed by atoms with Crippen LogP contribution >= 0.6 is 0 Å². The zero-order valence-electron chi connectivity index (χ0n) is 24.1. The Bertz CT molecular complexity index is 1710. The van der Waals surface area contributed by atoms with Gasteiger partial charge in [-0.3, -0.25) is 0 Å². The molecule has 0 N–H and O–H groups in total. The van der Waals surface area contributed by atoms with E-state index < -0.39 is 11.9 Å². The van der Waals surface area contributed by atoms with E-state index in [4.69, 9.17) is 9.68 Å². The van der Waals surface area contributed by atoms with E-state index in [1.807, 2.05) is 91.9 Å². The van der Waals surface area contributed by atoms with Gasteiger partial charge in [-0.2, -0.15) is 5.26 Å². The SMILES string of the molecule is CC(=O)O/N=C(/C)c1ccc(N(/C2=C/C=C(C)\C(C(\C)=N\OC(C)=O)=C/c3cc(C#N)ccc32)c2ccccc2)cc1. The lowest BCUT2D eigenvalue weighted by molar-refractivity contribution is -0.141. The van der Waals surface area contributed by atoms with Crippen LogP contribution in [0.25, 0.3) is 11.8 Å². The van der Waals surface area contributed by atoms with Crippen LogP contribution in [-0.4, -0.2) is 23.4 Å². The Hall–Kier alpha value is -5.55. The van der Waals surface area contributed by atoms with Crippen LogP contribution < -0.4 is 4.90 Å². The number of benzene rings is 3. The van der Waals surface area contributed by atoms with Gasteiger partial charge in [0.25, 0.3) is 0 Å². The molecule has 0 bridgehead atoms. The minimum absolute atomic E-state index is 0.482. The third-order valence-corrected chi connectivity index (χ3v) is 6.48. The second-order valence-corrected chi connectivity index (χ2v) is 9.61. The molecule has 0 saturated carbocycles. The van der Waals surface area contributed by atoms with Gasteiger partial charge in [0.05, 0.1) is 28.8 Å². The van der Waals surface area contributed by atoms with E-state index in [0.717, 1.165) is 44.9 Å². The van der Waals surface area contributed by atoms with Gasteiger partial charge in [-0.05, 0) is 86.0 Å². The quantitative estimate of drug-likeness (QED) is 0.171. The van der Waals surface area contributed by atoms with Crippen LogP contribution in [0.1, 0.15) is 56.9 Å². The lowest BCUT2D eigenvalue weighted by Gasteiger charge is -2.30. The minimum Gasteiger partial charge on any atom is -0.318 e. The first-order valence-electron chi connectivity index (χ1n) is 13.2. The first-order valence-corrected chi connectivity index (χ1v) is 13.2. The van der Waals surface area contributed by atoms with Crippen molar-refractivity contribution in [2.24, 2.45) is 10.3 Å². The Balaban J connectivity index is 1.90. The maximum absolute atomic E-state index is 11.4. The third kappa shape index (κ3) is 6.95. The number of nitriles is 1. The topological polar surface area (TPSA) is 104 Å². The highest BCUT2D eigenvalue weighted by atomic mass is 16.7. The molecule has 0 heterocycles. The first kappa shape index (κ1) is 29.4. The van der Waals surface area contributed by atoms with Crippen LogP contribution in [0.5, 0.6) is 0 Å². The summed E-state index contributed by atoms with van der Waals surface area (Å²) in [6.07, 6.45) is 5.98. The molecule has 3 aromatic carbocycles. The smallest absolute Gasteiger partial charge is 0.318 e. The van der Waals surface area contributed by atoms with Gasteiger partial charge >= 0.3 is 11.9 Å². The molecule has 0 spiro atoms. The lowest BCUT2D eigenvalue weighted by atomic mass is 9.92. The summed E-state index contributed by atoms with van der Waals surface area (Å²) < 4.78 is 0. The predicted molar refractivity (Wildman–Crippen MR) is 165 cm³/mol. The van der Waals surface area contributed by atoms with Crippen LogP contribution in [0.4, 0.5) is 11.4 Å². The average molecular weight is 559 g/mol. The molecule has 210 valence electrons. The summed E-state index contributed by atoms with van der Waals surface area (Å²) in [5, 5.41) is 17.6. The fourth-order valence-electron chi connectivity index (χ4n) is 4.45. The summed E-state index contributed by atoms with van der Waals surface area (Å²) in [7, 11) is 0. The number of para-hydroxylation sites is 1. The highest BCUT2D eigenvalue weighted by Crippen LogP contribution is 2.38. The van der Waals surface area contributed by atoms with Crippen molar-refractivity contribution in [2.45, 2.75) is 34.6 Å². The molecule has 0 aliphatic heterocycles. The van der Waals surface area contributed by atoms with Crippen LogP contribution in [0.3, 0.4) is 0 Å². The number of allylic oxidation sites excluding steroid dienone is 4. The molecule has 3 aromatic rings. The fraction of sp³-hybridized carbons (Fsp3) is 0.147. The largest absolute Gasteiger partial charge is 0.331 e. The summed E-state index contributed by atoms with van der Waals surface area (Å²) in [6, 6.07) is 25.6. The number of hydrogen-bond acceptors (Lipinski definition) is 8. The maximum Gasteiger partial charge on any atom is 0.331 e. The monoisotopic (exact) mass is 558 g/mol. The molecule has 8 nitrogen and oxygen atoms in total. The fourth-order valence-corrected chi connectivity index (χ4v) is 4.45. The molecule has 0 saturated heterocycles. The Morgan fingerprint density at radius 2 is 1.40 bits per heavy atom. The molecule has 1 aliphatic carbocycles. The first-order chi connectivity index (χ1) is 20.2. The molecule has 0 radical (unpaired) electrons. The second-order valence-electron chi connectivity index (χ2n) is 9.61. The number of anilines is 2. The van der Waals surface area contributed by atoms with E-state index in [0.29, 0.717) is 17.0 Å². The second kappa shape index (κ2) is 13.2. The van der Waals surface area contributed by atoms with E-state index in [1.165, 1.54) is 13.8 Å². The van der Waals surface area contributed by atoms with Gasteiger partial charge in [0, 0.05) is 36.4 Å². The van der Waals surface area contributed by atoms with Crippen molar-refractivity contribution in [1.29, 1.82) is 5.26 Å². The molecule has 42 heavy (non-hydrogen) atoms. The Kier molecular flexibility index (Phi) is 9.25. The Labute approximate surface area is 245 Å². The molecule has 0 fully saturated rings. The van der Waals surface area contributed by atoms with Crippen LogP contribution in [0.2, 0.25) is 0 Å². The molecule has 4 rings (SSSR count). The maximum atomic E-state index is 11.4. The average Bonchev–Trinajstić information content (AvgIpc) is 2.99. The lowest BCUT2D eigenvalue weighted by Crippen LogP contribution is -2.17. The Morgan fingerprint density at radius 3 is 2.02 bits per heavy atom. The van der Waals surface area contributed by atoms with Gasteiger partial charge in [0.2, 0.25) is 0 Å². The molecule has 0 amide bonds. The number of hydrogen-bond donors (Lipinski definition) is 0. The molecule has 0 atom stereocenters. The number of rotatable bonds is 7. The third-order valence-electron chi connectivity index (χ3n) is 6.48. The van der Waals surface area contributed by atoms with Gasteiger partial charge in [0.1, 0.15) is 0 Å². The van der Waals surface area contributed by atoms with Crippen molar-refractivity contribution in [3.63, 3.8) is 0 Å². The van der Waals surface area contributed by atoms with E-state index in [1.54, 1.807) is 19.9 Å². The van der Waals surface area contributed by atoms with E-state index in [2.05, 4.69) is 21.3 Å². The summed E-state index contributed by atoms with van der Waals surface area (Å²) in [5.74, 6) is -0.988. The number of oxime groups is 2. The highest BCUT2D eigenvalue weighted by molar-refractivity contribution is 6.07. The molecule has 0 unspecified atom stereocenters. The zero-order valence-corrected chi connectivity index (χ0v) is 24.1. The van der Waals surface area contributed by atoms with Crippen molar-refractivity contribution >= 4 is 46.5 Å². The van der Waals surface area contributed by atoms with Gasteiger partial charge < -0.3 is 14.6 Å². The molecular weight excluding hydrogens is 528 g/mol. The van der Waals surface area contributed by atoms with Crippen LogP contribution in [0, 0.1) is 11.3 Å². The van der Waals surface area contributed by atoms with Gasteiger partial charge in [0.15, 0.2) is 0 Å². The van der Waals surface area contributed by atoms with Crippen molar-refractivity contribution < 1.29 is 19.3 Å². The molecule has 8 heteroatoms. The highest BCUT2D eigenvalue weighted by Gasteiger charge is 2.21. The Morgan fingerprint density at radius 1 is 0.786 bits per heavy atom. The summed E-state index contributed by atoms with van der Waals surface area (Å²) in [4.78, 5) is 34.4.